The Balaban J connectivity index is 2.08. The van der Waals surface area contributed by atoms with Crippen molar-refractivity contribution < 1.29 is 14.3 Å². The number of thiazole rings is 1. The molecular formula is C18H18BrN3O3S. The number of benzene rings is 1. The molecule has 0 saturated carbocycles. The summed E-state index contributed by atoms with van der Waals surface area (Å²) in [6, 6.07) is 7.33. The molecule has 0 atom stereocenters. The predicted octanol–water partition coefficient (Wildman–Crippen LogP) is 4.48. The van der Waals surface area contributed by atoms with E-state index >= 15 is 0 Å². The second-order valence-corrected chi connectivity index (χ2v) is 7.40. The molecular weight excluding hydrogens is 418 g/mol. The summed E-state index contributed by atoms with van der Waals surface area (Å²) in [5.41, 5.74) is 1.59. The molecule has 0 spiro atoms. The molecule has 0 fully saturated rings. The molecule has 0 bridgehead atoms. The summed E-state index contributed by atoms with van der Waals surface area (Å²) in [5, 5.41) is 16.5. The lowest BCUT2D eigenvalue weighted by atomic mass is 10.2. The molecule has 26 heavy (non-hydrogen) atoms. The second kappa shape index (κ2) is 7.92. The summed E-state index contributed by atoms with van der Waals surface area (Å²) in [4.78, 5) is 5.39. The van der Waals surface area contributed by atoms with Crippen LogP contribution in [0.1, 0.15) is 19.4 Å². The summed E-state index contributed by atoms with van der Waals surface area (Å²) in [7, 11) is 1.50. The van der Waals surface area contributed by atoms with Gasteiger partial charge in [-0.3, -0.25) is 4.99 Å². The van der Waals surface area contributed by atoms with Gasteiger partial charge in [0.15, 0.2) is 17.3 Å². The molecule has 136 valence electrons. The van der Waals surface area contributed by atoms with E-state index in [0.717, 1.165) is 16.1 Å². The van der Waals surface area contributed by atoms with E-state index in [-0.39, 0.29) is 11.8 Å². The molecule has 8 heteroatoms. The van der Waals surface area contributed by atoms with Crippen molar-refractivity contribution in [3.8, 4) is 23.0 Å². The van der Waals surface area contributed by atoms with Crippen LogP contribution in [0.3, 0.4) is 0 Å². The molecule has 3 rings (SSSR count). The minimum absolute atomic E-state index is 0.0552. The lowest BCUT2D eigenvalue weighted by Gasteiger charge is -2.06. The van der Waals surface area contributed by atoms with E-state index in [9.17, 15) is 5.11 Å². The fourth-order valence-corrected chi connectivity index (χ4v) is 3.67. The Morgan fingerprint density at radius 1 is 1.38 bits per heavy atom. The lowest BCUT2D eigenvalue weighted by molar-refractivity contribution is 0.372. The number of rotatable bonds is 5. The average Bonchev–Trinajstić information content (AvgIpc) is 3.25. The van der Waals surface area contributed by atoms with Crippen molar-refractivity contribution in [2.75, 3.05) is 7.11 Å². The van der Waals surface area contributed by atoms with Crippen molar-refractivity contribution in [2.24, 2.45) is 10.1 Å². The van der Waals surface area contributed by atoms with Crippen LogP contribution >= 0.6 is 27.3 Å². The molecule has 0 unspecified atom stereocenters. The van der Waals surface area contributed by atoms with E-state index in [1.807, 2.05) is 31.4 Å². The first-order valence-corrected chi connectivity index (χ1v) is 9.56. The van der Waals surface area contributed by atoms with Crippen molar-refractivity contribution in [3.63, 3.8) is 0 Å². The number of hydrogen-bond donors (Lipinski definition) is 1. The van der Waals surface area contributed by atoms with Crippen LogP contribution < -0.4 is 9.54 Å². The molecule has 3 aromatic rings. The normalized spacial score (nSPS) is 12.4. The number of phenols is 1. The van der Waals surface area contributed by atoms with Crippen LogP contribution in [0.5, 0.6) is 11.5 Å². The number of aromatic hydroxyl groups is 1. The zero-order valence-corrected chi connectivity index (χ0v) is 16.9. The van der Waals surface area contributed by atoms with E-state index in [1.165, 1.54) is 18.4 Å². The molecule has 0 aliphatic carbocycles. The van der Waals surface area contributed by atoms with Crippen molar-refractivity contribution in [1.29, 1.82) is 0 Å². The highest BCUT2D eigenvalue weighted by atomic mass is 79.9. The molecule has 0 saturated heterocycles. The summed E-state index contributed by atoms with van der Waals surface area (Å²) in [5.74, 6) is 1.14. The quantitative estimate of drug-likeness (QED) is 0.600. The number of halogens is 1. The van der Waals surface area contributed by atoms with Gasteiger partial charge < -0.3 is 14.3 Å². The third kappa shape index (κ3) is 3.91. The third-order valence-corrected chi connectivity index (χ3v) is 4.86. The SMILES string of the molecule is COc1cc(C=Nn2c(-c3ccco3)csc2=NC(C)C)cc(Br)c1O. The van der Waals surface area contributed by atoms with E-state index in [1.54, 1.807) is 29.3 Å². The Hall–Kier alpha value is -2.32. The second-order valence-electron chi connectivity index (χ2n) is 5.71. The Kier molecular flexibility index (Phi) is 5.63. The fourth-order valence-electron chi connectivity index (χ4n) is 2.26. The van der Waals surface area contributed by atoms with Crippen LogP contribution in [-0.2, 0) is 0 Å². The highest BCUT2D eigenvalue weighted by Crippen LogP contribution is 2.34. The van der Waals surface area contributed by atoms with Crippen molar-refractivity contribution in [2.45, 2.75) is 19.9 Å². The van der Waals surface area contributed by atoms with Gasteiger partial charge in [0.2, 0.25) is 4.80 Å². The van der Waals surface area contributed by atoms with Crippen molar-refractivity contribution >= 4 is 33.5 Å². The molecule has 0 amide bonds. The Morgan fingerprint density at radius 3 is 2.85 bits per heavy atom. The van der Waals surface area contributed by atoms with Crippen LogP contribution in [0.4, 0.5) is 0 Å². The highest BCUT2D eigenvalue weighted by molar-refractivity contribution is 9.10. The first kappa shape index (κ1) is 18.5. The smallest absolute Gasteiger partial charge is 0.206 e. The molecule has 1 aromatic carbocycles. The predicted molar refractivity (Wildman–Crippen MR) is 106 cm³/mol. The standard InChI is InChI=1S/C18H18BrN3O3S/c1-11(2)21-18-22(14(10-26-18)15-5-4-6-25-15)20-9-12-7-13(19)17(23)16(8-12)24-3/h4-11,23H,1-3H3. The van der Waals surface area contributed by atoms with Gasteiger partial charge in [0.05, 0.1) is 24.1 Å². The van der Waals surface area contributed by atoms with Gasteiger partial charge in [0.1, 0.15) is 5.69 Å². The van der Waals surface area contributed by atoms with Crippen molar-refractivity contribution in [3.05, 3.63) is 50.7 Å². The van der Waals surface area contributed by atoms with Gasteiger partial charge in [0.25, 0.3) is 0 Å². The van der Waals surface area contributed by atoms with Crippen LogP contribution in [0.2, 0.25) is 0 Å². The number of hydrogen-bond acceptors (Lipinski definition) is 6. The monoisotopic (exact) mass is 435 g/mol. The van der Waals surface area contributed by atoms with Crippen LogP contribution in [0.25, 0.3) is 11.5 Å². The van der Waals surface area contributed by atoms with Gasteiger partial charge in [-0.2, -0.15) is 5.10 Å². The maximum Gasteiger partial charge on any atom is 0.206 e. The zero-order valence-electron chi connectivity index (χ0n) is 14.5. The van der Waals surface area contributed by atoms with Gasteiger partial charge in [-0.05, 0) is 59.6 Å². The average molecular weight is 436 g/mol. The Morgan fingerprint density at radius 2 is 2.19 bits per heavy atom. The van der Waals surface area contributed by atoms with E-state index in [4.69, 9.17) is 9.15 Å². The lowest BCUT2D eigenvalue weighted by Crippen LogP contribution is -2.14. The zero-order chi connectivity index (χ0) is 18.7. The fraction of sp³-hybridized carbons (Fsp3) is 0.222. The molecule has 0 aliphatic heterocycles. The third-order valence-electron chi connectivity index (χ3n) is 3.42. The minimum Gasteiger partial charge on any atom is -0.503 e. The van der Waals surface area contributed by atoms with E-state index in [0.29, 0.717) is 16.0 Å². The molecule has 2 aromatic heterocycles. The number of phenolic OH excluding ortho intramolecular Hbond substituents is 1. The Labute approximate surface area is 163 Å². The number of nitrogens with zero attached hydrogens (tertiary/aromatic N) is 3. The van der Waals surface area contributed by atoms with Gasteiger partial charge in [-0.25, -0.2) is 4.68 Å². The summed E-state index contributed by atoms with van der Waals surface area (Å²) >= 11 is 4.82. The van der Waals surface area contributed by atoms with Crippen LogP contribution in [-0.4, -0.2) is 29.1 Å². The maximum atomic E-state index is 9.94. The molecule has 0 aliphatic rings. The largest absolute Gasteiger partial charge is 0.503 e. The molecule has 0 radical (unpaired) electrons. The number of methoxy groups -OCH3 is 1. The van der Waals surface area contributed by atoms with Gasteiger partial charge in [-0.1, -0.05) is 0 Å². The van der Waals surface area contributed by atoms with Gasteiger partial charge >= 0.3 is 0 Å². The molecule has 2 heterocycles. The van der Waals surface area contributed by atoms with E-state index < -0.39 is 0 Å². The molecule has 1 N–H and O–H groups in total. The van der Waals surface area contributed by atoms with Crippen LogP contribution in [0.15, 0.2) is 54.9 Å². The van der Waals surface area contributed by atoms with E-state index in [2.05, 4.69) is 26.0 Å². The number of ether oxygens (including phenoxy) is 1. The topological polar surface area (TPSA) is 72.2 Å². The minimum atomic E-state index is 0.0552. The van der Waals surface area contributed by atoms with Gasteiger partial charge in [0, 0.05) is 11.4 Å². The highest BCUT2D eigenvalue weighted by Gasteiger charge is 2.11. The summed E-state index contributed by atoms with van der Waals surface area (Å²) < 4.78 is 13.0. The maximum absolute atomic E-state index is 9.94. The molecule has 6 nitrogen and oxygen atoms in total. The Bertz CT molecular complexity index is 988. The van der Waals surface area contributed by atoms with Crippen molar-refractivity contribution in [1.82, 2.24) is 4.68 Å². The van der Waals surface area contributed by atoms with Gasteiger partial charge in [-0.15, -0.1) is 11.3 Å². The van der Waals surface area contributed by atoms with Crippen LogP contribution in [0, 0.1) is 0 Å². The number of furan rings is 1. The first-order valence-electron chi connectivity index (χ1n) is 7.88. The number of aromatic nitrogens is 1. The first-order chi connectivity index (χ1) is 12.5. The summed E-state index contributed by atoms with van der Waals surface area (Å²) in [6.07, 6.45) is 3.31. The summed E-state index contributed by atoms with van der Waals surface area (Å²) in [6.45, 7) is 4.03.